The molecule has 2 heteroatoms. The van der Waals surface area contributed by atoms with Gasteiger partial charge in [-0.25, -0.2) is 0 Å². The van der Waals surface area contributed by atoms with Crippen molar-refractivity contribution in [3.05, 3.63) is 71.5 Å². The smallest absolute Gasteiger partial charge is 0.202 e. The van der Waals surface area contributed by atoms with Crippen LogP contribution in [0.2, 0.25) is 0 Å². The predicted molar refractivity (Wildman–Crippen MR) is 75.4 cm³/mol. The molecule has 2 aromatic carbocycles. The van der Waals surface area contributed by atoms with Gasteiger partial charge in [0.2, 0.25) is 5.78 Å². The second kappa shape index (κ2) is 4.73. The highest BCUT2D eigenvalue weighted by Gasteiger charge is 2.12. The highest BCUT2D eigenvalue weighted by Crippen LogP contribution is 2.20. The lowest BCUT2D eigenvalue weighted by molar-refractivity contribution is 0.0968. The minimum atomic E-state index is 0.0139. The van der Waals surface area contributed by atoms with Crippen LogP contribution in [0.15, 0.2) is 59.0 Å². The summed E-state index contributed by atoms with van der Waals surface area (Å²) in [5, 5.41) is 0.967. The number of fused-ring (bicyclic) bond motifs is 1. The number of para-hydroxylation sites is 1. The molecule has 0 fully saturated rings. The average Bonchev–Trinajstić information content (AvgIpc) is 2.85. The van der Waals surface area contributed by atoms with Crippen LogP contribution in [-0.2, 0) is 6.42 Å². The Kier molecular flexibility index (Phi) is 2.92. The number of rotatable bonds is 3. The molecule has 1 aromatic heterocycles. The topological polar surface area (TPSA) is 30.2 Å². The monoisotopic (exact) mass is 250 g/mol. The Morgan fingerprint density at radius 3 is 2.53 bits per heavy atom. The Labute approximate surface area is 111 Å². The van der Waals surface area contributed by atoms with Crippen LogP contribution in [0.3, 0.4) is 0 Å². The van der Waals surface area contributed by atoms with E-state index in [1.807, 2.05) is 61.5 Å². The van der Waals surface area contributed by atoms with Crippen molar-refractivity contribution in [2.75, 3.05) is 0 Å². The quantitative estimate of drug-likeness (QED) is 0.653. The summed E-state index contributed by atoms with van der Waals surface area (Å²) < 4.78 is 5.58. The lowest BCUT2D eigenvalue weighted by Gasteiger charge is -1.99. The van der Waals surface area contributed by atoms with Gasteiger partial charge in [0, 0.05) is 11.8 Å². The Morgan fingerprint density at radius 2 is 1.79 bits per heavy atom. The average molecular weight is 250 g/mol. The number of hydrogen-bond donors (Lipinski definition) is 0. The number of Topliss-reactive ketones (excluding diaryl/α,β-unsaturated/α-hetero) is 1. The van der Waals surface area contributed by atoms with Crippen molar-refractivity contribution in [1.29, 1.82) is 0 Å². The van der Waals surface area contributed by atoms with Gasteiger partial charge in [-0.2, -0.15) is 0 Å². The lowest BCUT2D eigenvalue weighted by atomic mass is 10.1. The van der Waals surface area contributed by atoms with E-state index in [2.05, 4.69) is 0 Å². The molecule has 0 bridgehead atoms. The van der Waals surface area contributed by atoms with Gasteiger partial charge >= 0.3 is 0 Å². The zero-order valence-electron chi connectivity index (χ0n) is 10.7. The first kappa shape index (κ1) is 11.7. The summed E-state index contributed by atoms with van der Waals surface area (Å²) in [5.74, 6) is 0.446. The summed E-state index contributed by atoms with van der Waals surface area (Å²) in [6, 6.07) is 17.5. The van der Waals surface area contributed by atoms with Crippen molar-refractivity contribution >= 4 is 16.8 Å². The maximum absolute atomic E-state index is 12.2. The van der Waals surface area contributed by atoms with E-state index in [1.165, 1.54) is 5.56 Å². The number of carbonyl (C=O) groups excluding carboxylic acids is 1. The summed E-state index contributed by atoms with van der Waals surface area (Å²) in [6.45, 7) is 2.03. The van der Waals surface area contributed by atoms with Crippen LogP contribution in [0.4, 0.5) is 0 Å². The van der Waals surface area contributed by atoms with Crippen molar-refractivity contribution in [2.24, 2.45) is 0 Å². The van der Waals surface area contributed by atoms with E-state index in [1.54, 1.807) is 0 Å². The van der Waals surface area contributed by atoms with E-state index in [0.29, 0.717) is 12.2 Å². The third-order valence-electron chi connectivity index (χ3n) is 3.19. The van der Waals surface area contributed by atoms with Gasteiger partial charge < -0.3 is 4.42 Å². The molecule has 3 rings (SSSR count). The molecule has 3 aromatic rings. The molecule has 19 heavy (non-hydrogen) atoms. The van der Waals surface area contributed by atoms with Gasteiger partial charge in [-0.05, 0) is 24.6 Å². The van der Waals surface area contributed by atoms with E-state index < -0.39 is 0 Å². The lowest BCUT2D eigenvalue weighted by Crippen LogP contribution is -2.01. The Hall–Kier alpha value is -2.35. The van der Waals surface area contributed by atoms with Gasteiger partial charge in [-0.1, -0.05) is 48.0 Å². The molecule has 0 aliphatic carbocycles. The highest BCUT2D eigenvalue weighted by atomic mass is 16.3. The van der Waals surface area contributed by atoms with E-state index in [-0.39, 0.29) is 5.78 Å². The Bertz CT molecular complexity index is 687. The summed E-state index contributed by atoms with van der Waals surface area (Å²) in [6.07, 6.45) is 0.375. The van der Waals surface area contributed by atoms with Gasteiger partial charge in [0.1, 0.15) is 5.58 Å². The first-order chi connectivity index (χ1) is 9.22. The summed E-state index contributed by atoms with van der Waals surface area (Å²) in [5.41, 5.74) is 2.96. The van der Waals surface area contributed by atoms with Crippen molar-refractivity contribution in [3.63, 3.8) is 0 Å². The zero-order valence-corrected chi connectivity index (χ0v) is 10.7. The van der Waals surface area contributed by atoms with Crippen LogP contribution >= 0.6 is 0 Å². The molecule has 94 valence electrons. The number of benzene rings is 2. The third-order valence-corrected chi connectivity index (χ3v) is 3.19. The number of carbonyl (C=O) groups is 1. The molecule has 0 amide bonds. The van der Waals surface area contributed by atoms with E-state index in [9.17, 15) is 4.79 Å². The van der Waals surface area contributed by atoms with Crippen LogP contribution < -0.4 is 0 Å². The molecule has 0 aliphatic heterocycles. The molecule has 0 saturated heterocycles. The molecule has 0 spiro atoms. The molecule has 0 unspecified atom stereocenters. The summed E-state index contributed by atoms with van der Waals surface area (Å²) in [7, 11) is 0. The maximum atomic E-state index is 12.2. The molecule has 2 nitrogen and oxygen atoms in total. The third kappa shape index (κ3) is 2.43. The number of ketones is 1. The van der Waals surface area contributed by atoms with Crippen molar-refractivity contribution in [2.45, 2.75) is 13.3 Å². The minimum Gasteiger partial charge on any atom is -0.453 e. The van der Waals surface area contributed by atoms with Crippen molar-refractivity contribution in [1.82, 2.24) is 0 Å². The van der Waals surface area contributed by atoms with E-state index >= 15 is 0 Å². The largest absolute Gasteiger partial charge is 0.453 e. The molecule has 0 radical (unpaired) electrons. The van der Waals surface area contributed by atoms with Crippen LogP contribution in [0.1, 0.15) is 21.7 Å². The van der Waals surface area contributed by atoms with Gasteiger partial charge in [0.15, 0.2) is 5.76 Å². The second-order valence-electron chi connectivity index (χ2n) is 4.73. The molecule has 0 aliphatic rings. The second-order valence-corrected chi connectivity index (χ2v) is 4.73. The minimum absolute atomic E-state index is 0.0139. The number of furan rings is 1. The summed E-state index contributed by atoms with van der Waals surface area (Å²) in [4.78, 5) is 12.2. The fourth-order valence-electron chi connectivity index (χ4n) is 2.10. The molecule has 0 N–H and O–H groups in total. The van der Waals surface area contributed by atoms with Crippen molar-refractivity contribution < 1.29 is 9.21 Å². The normalized spacial score (nSPS) is 10.8. The zero-order chi connectivity index (χ0) is 13.2. The van der Waals surface area contributed by atoms with Crippen LogP contribution in [0.5, 0.6) is 0 Å². The van der Waals surface area contributed by atoms with E-state index in [4.69, 9.17) is 4.42 Å². The molecular weight excluding hydrogens is 236 g/mol. The summed E-state index contributed by atoms with van der Waals surface area (Å²) >= 11 is 0. The van der Waals surface area contributed by atoms with Gasteiger partial charge in [0.05, 0.1) is 0 Å². The van der Waals surface area contributed by atoms with Gasteiger partial charge in [0.25, 0.3) is 0 Å². The maximum Gasteiger partial charge on any atom is 0.202 e. The van der Waals surface area contributed by atoms with Crippen LogP contribution in [0.25, 0.3) is 11.0 Å². The highest BCUT2D eigenvalue weighted by molar-refractivity contribution is 5.98. The molecular formula is C17H14O2. The van der Waals surface area contributed by atoms with E-state index in [0.717, 1.165) is 16.5 Å². The van der Waals surface area contributed by atoms with Crippen molar-refractivity contribution in [3.8, 4) is 0 Å². The molecule has 0 atom stereocenters. The number of aryl methyl sites for hydroxylation is 1. The Balaban J connectivity index is 1.85. The Morgan fingerprint density at radius 1 is 1.05 bits per heavy atom. The fraction of sp³-hybridized carbons (Fsp3) is 0.118. The standard InChI is InChI=1S/C17H14O2/c1-12-6-8-13(9-7-12)10-15(18)17-11-14-4-2-3-5-16(14)19-17/h2-9,11H,10H2,1H3. The first-order valence-electron chi connectivity index (χ1n) is 6.30. The van der Waals surface area contributed by atoms with Crippen LogP contribution in [-0.4, -0.2) is 5.78 Å². The molecule has 0 saturated carbocycles. The van der Waals surface area contributed by atoms with Gasteiger partial charge in [-0.15, -0.1) is 0 Å². The SMILES string of the molecule is Cc1ccc(CC(=O)c2cc3ccccc3o2)cc1. The molecule has 1 heterocycles. The number of hydrogen-bond acceptors (Lipinski definition) is 2. The van der Waals surface area contributed by atoms with Gasteiger partial charge in [-0.3, -0.25) is 4.79 Å². The fourth-order valence-corrected chi connectivity index (χ4v) is 2.10. The van der Waals surface area contributed by atoms with Crippen LogP contribution in [0, 0.1) is 6.92 Å². The first-order valence-corrected chi connectivity index (χ1v) is 6.30. The predicted octanol–water partition coefficient (Wildman–Crippen LogP) is 4.17.